The molecule has 0 spiro atoms. The van der Waals surface area contributed by atoms with Crippen molar-refractivity contribution < 1.29 is 9.21 Å². The first kappa shape index (κ1) is 12.8. The van der Waals surface area contributed by atoms with Gasteiger partial charge in [0.2, 0.25) is 0 Å². The van der Waals surface area contributed by atoms with Crippen molar-refractivity contribution in [1.29, 1.82) is 5.26 Å². The number of aryl methyl sites for hydroxylation is 1. The molecule has 94 valence electrons. The van der Waals surface area contributed by atoms with E-state index in [2.05, 4.69) is 4.98 Å². The van der Waals surface area contributed by atoms with E-state index in [0.717, 1.165) is 5.76 Å². The van der Waals surface area contributed by atoms with E-state index in [4.69, 9.17) is 9.68 Å². The summed E-state index contributed by atoms with van der Waals surface area (Å²) in [6.45, 7) is 1.82. The molecule has 0 N–H and O–H groups in total. The Morgan fingerprint density at radius 2 is 2.26 bits per heavy atom. The van der Waals surface area contributed by atoms with Gasteiger partial charge in [0.25, 0.3) is 0 Å². The van der Waals surface area contributed by atoms with Crippen molar-refractivity contribution in [2.75, 3.05) is 0 Å². The van der Waals surface area contributed by atoms with Crippen LogP contribution < -0.4 is 0 Å². The van der Waals surface area contributed by atoms with Crippen molar-refractivity contribution in [3.8, 4) is 6.07 Å². The number of nitrogens with zero attached hydrogens (tertiary/aromatic N) is 2. The van der Waals surface area contributed by atoms with E-state index >= 15 is 0 Å². The molecule has 0 aromatic carbocycles. The first-order valence-electron chi connectivity index (χ1n) is 5.79. The van der Waals surface area contributed by atoms with E-state index in [1.165, 1.54) is 6.08 Å². The maximum absolute atomic E-state index is 12.0. The van der Waals surface area contributed by atoms with Crippen molar-refractivity contribution in [3.63, 3.8) is 0 Å². The predicted octanol–water partition coefficient (Wildman–Crippen LogP) is 2.87. The summed E-state index contributed by atoms with van der Waals surface area (Å²) in [5, 5.41) is 9.08. The average Bonchev–Trinajstić information content (AvgIpc) is 2.84. The molecule has 0 fully saturated rings. The van der Waals surface area contributed by atoms with E-state index in [-0.39, 0.29) is 5.78 Å². The molecule has 0 aliphatic carbocycles. The third-order valence-corrected chi connectivity index (χ3v) is 2.57. The molecule has 0 aliphatic rings. The number of furan rings is 1. The van der Waals surface area contributed by atoms with Crippen LogP contribution in [-0.2, 0) is 4.79 Å². The number of carbonyl (C=O) groups excluding carboxylic acids is 1. The molecule has 0 unspecified atom stereocenters. The highest BCUT2D eigenvalue weighted by atomic mass is 16.3. The van der Waals surface area contributed by atoms with Gasteiger partial charge in [-0.1, -0.05) is 6.07 Å². The van der Waals surface area contributed by atoms with E-state index < -0.39 is 5.92 Å². The summed E-state index contributed by atoms with van der Waals surface area (Å²) in [5.41, 5.74) is 0.454. The van der Waals surface area contributed by atoms with Crippen LogP contribution in [0.4, 0.5) is 0 Å². The minimum Gasteiger partial charge on any atom is -0.462 e. The quantitative estimate of drug-likeness (QED) is 0.785. The highest BCUT2D eigenvalue weighted by Crippen LogP contribution is 2.15. The lowest BCUT2D eigenvalue weighted by Gasteiger charge is -2.03. The van der Waals surface area contributed by atoms with E-state index in [0.29, 0.717) is 11.5 Å². The number of hydrogen-bond donors (Lipinski definition) is 0. The third kappa shape index (κ3) is 3.17. The summed E-state index contributed by atoms with van der Waals surface area (Å²) in [7, 11) is 0. The molecule has 19 heavy (non-hydrogen) atoms. The van der Waals surface area contributed by atoms with Gasteiger partial charge in [-0.05, 0) is 43.3 Å². The topological polar surface area (TPSA) is 66.9 Å². The molecule has 4 nitrogen and oxygen atoms in total. The molecule has 0 bridgehead atoms. The number of pyridine rings is 1. The molecule has 0 radical (unpaired) electrons. The van der Waals surface area contributed by atoms with Crippen LogP contribution in [0.25, 0.3) is 6.08 Å². The van der Waals surface area contributed by atoms with Gasteiger partial charge in [-0.2, -0.15) is 5.26 Å². The Morgan fingerprint density at radius 1 is 1.42 bits per heavy atom. The standard InChI is InChI=1S/C15H12N2O2/c1-11-5-6-12(19-11)7-8-15(18)13(10-16)14-4-2-3-9-17-14/h2-9,13H,1H3/b8-7+/t13-/m0/s1. The van der Waals surface area contributed by atoms with Crippen LogP contribution in [0.2, 0.25) is 0 Å². The van der Waals surface area contributed by atoms with Gasteiger partial charge in [0.15, 0.2) is 11.7 Å². The van der Waals surface area contributed by atoms with Gasteiger partial charge >= 0.3 is 0 Å². The number of aromatic nitrogens is 1. The number of carbonyl (C=O) groups is 1. The summed E-state index contributed by atoms with van der Waals surface area (Å²) in [6.07, 6.45) is 4.47. The van der Waals surface area contributed by atoms with E-state index in [1.54, 1.807) is 36.5 Å². The fourth-order valence-electron chi connectivity index (χ4n) is 1.63. The second kappa shape index (κ2) is 5.78. The molecule has 2 aromatic heterocycles. The van der Waals surface area contributed by atoms with Crippen LogP contribution in [0.1, 0.15) is 23.1 Å². The molecular formula is C15H12N2O2. The van der Waals surface area contributed by atoms with Crippen molar-refractivity contribution >= 4 is 11.9 Å². The fourth-order valence-corrected chi connectivity index (χ4v) is 1.63. The molecule has 0 aliphatic heterocycles. The first-order valence-corrected chi connectivity index (χ1v) is 5.79. The SMILES string of the molecule is Cc1ccc(/C=C/C(=O)[C@@H](C#N)c2ccccn2)o1. The Kier molecular flexibility index (Phi) is 3.89. The number of allylic oxidation sites excluding steroid dienone is 1. The Labute approximate surface area is 111 Å². The second-order valence-corrected chi connectivity index (χ2v) is 4.00. The first-order chi connectivity index (χ1) is 9.20. The van der Waals surface area contributed by atoms with E-state index in [1.807, 2.05) is 19.1 Å². The highest BCUT2D eigenvalue weighted by molar-refractivity contribution is 5.99. The maximum atomic E-state index is 12.0. The van der Waals surface area contributed by atoms with Crippen LogP contribution in [0, 0.1) is 18.3 Å². The zero-order valence-electron chi connectivity index (χ0n) is 10.4. The molecule has 4 heteroatoms. The van der Waals surface area contributed by atoms with Gasteiger partial charge in [0, 0.05) is 6.20 Å². The van der Waals surface area contributed by atoms with Crippen molar-refractivity contribution in [2.45, 2.75) is 12.8 Å². The summed E-state index contributed by atoms with van der Waals surface area (Å²) in [5.74, 6) is 0.168. The molecular weight excluding hydrogens is 240 g/mol. The summed E-state index contributed by atoms with van der Waals surface area (Å²) in [4.78, 5) is 16.0. The summed E-state index contributed by atoms with van der Waals surface area (Å²) in [6, 6.07) is 10.7. The van der Waals surface area contributed by atoms with Crippen LogP contribution in [0.15, 0.2) is 47.0 Å². The molecule has 2 aromatic rings. The minimum absolute atomic E-state index is 0.310. The Balaban J connectivity index is 2.15. The van der Waals surface area contributed by atoms with Gasteiger partial charge in [0.1, 0.15) is 11.5 Å². The van der Waals surface area contributed by atoms with Gasteiger partial charge < -0.3 is 4.42 Å². The van der Waals surface area contributed by atoms with Crippen molar-refractivity contribution in [2.24, 2.45) is 0 Å². The number of hydrogen-bond acceptors (Lipinski definition) is 4. The zero-order chi connectivity index (χ0) is 13.7. The monoisotopic (exact) mass is 252 g/mol. The smallest absolute Gasteiger partial charge is 0.179 e. The Bertz CT molecular complexity index is 636. The molecule has 1 atom stereocenters. The maximum Gasteiger partial charge on any atom is 0.179 e. The van der Waals surface area contributed by atoms with Gasteiger partial charge in [0.05, 0.1) is 11.8 Å². The van der Waals surface area contributed by atoms with E-state index in [9.17, 15) is 4.79 Å². The van der Waals surface area contributed by atoms with Crippen molar-refractivity contribution in [1.82, 2.24) is 4.98 Å². The molecule has 2 rings (SSSR count). The fraction of sp³-hybridized carbons (Fsp3) is 0.133. The Morgan fingerprint density at radius 3 is 2.84 bits per heavy atom. The lowest BCUT2D eigenvalue weighted by atomic mass is 10.0. The number of ketones is 1. The summed E-state index contributed by atoms with van der Waals surface area (Å²) >= 11 is 0. The van der Waals surface area contributed by atoms with Gasteiger partial charge in [-0.25, -0.2) is 0 Å². The minimum atomic E-state index is -0.881. The lowest BCUT2D eigenvalue weighted by molar-refractivity contribution is -0.114. The number of nitriles is 1. The average molecular weight is 252 g/mol. The molecule has 0 saturated heterocycles. The third-order valence-electron chi connectivity index (χ3n) is 2.57. The van der Waals surface area contributed by atoms with Crippen LogP contribution in [-0.4, -0.2) is 10.8 Å². The van der Waals surface area contributed by atoms with Crippen LogP contribution in [0.3, 0.4) is 0 Å². The van der Waals surface area contributed by atoms with Crippen LogP contribution in [0.5, 0.6) is 0 Å². The van der Waals surface area contributed by atoms with Crippen LogP contribution >= 0.6 is 0 Å². The summed E-state index contributed by atoms with van der Waals surface area (Å²) < 4.78 is 5.32. The van der Waals surface area contributed by atoms with Gasteiger partial charge in [-0.3, -0.25) is 9.78 Å². The number of rotatable bonds is 4. The normalized spacial score (nSPS) is 12.2. The van der Waals surface area contributed by atoms with Crippen molar-refractivity contribution in [3.05, 3.63) is 59.8 Å². The largest absolute Gasteiger partial charge is 0.462 e. The Hall–Kier alpha value is -2.67. The molecule has 2 heterocycles. The van der Waals surface area contributed by atoms with Gasteiger partial charge in [-0.15, -0.1) is 0 Å². The lowest BCUT2D eigenvalue weighted by Crippen LogP contribution is -2.09. The zero-order valence-corrected chi connectivity index (χ0v) is 10.4. The highest BCUT2D eigenvalue weighted by Gasteiger charge is 2.18. The molecule has 0 amide bonds. The second-order valence-electron chi connectivity index (χ2n) is 4.00. The predicted molar refractivity (Wildman–Crippen MR) is 70.1 cm³/mol. The molecule has 0 saturated carbocycles.